The molecular formula is C30H38O4. The molecular weight excluding hydrogens is 424 g/mol. The van der Waals surface area contributed by atoms with Gasteiger partial charge < -0.3 is 10.2 Å². The summed E-state index contributed by atoms with van der Waals surface area (Å²) in [4.78, 5) is 22.8. The quantitative estimate of drug-likeness (QED) is 0.411. The molecule has 0 aromatic heterocycles. The Morgan fingerprint density at radius 2 is 0.588 bits per heavy atom. The lowest BCUT2D eigenvalue weighted by Gasteiger charge is -2.21. The maximum atomic E-state index is 11.8. The Morgan fingerprint density at radius 1 is 0.353 bits per heavy atom. The van der Waals surface area contributed by atoms with Crippen molar-refractivity contribution in [2.75, 3.05) is 0 Å². The van der Waals surface area contributed by atoms with E-state index < -0.39 is 11.9 Å². The molecule has 3 aromatic carbocycles. The Labute approximate surface area is 203 Å². The van der Waals surface area contributed by atoms with Crippen molar-refractivity contribution >= 4 is 22.7 Å². The molecule has 0 aliphatic carbocycles. The second-order valence-electron chi connectivity index (χ2n) is 9.61. The zero-order valence-corrected chi connectivity index (χ0v) is 22.7. The van der Waals surface area contributed by atoms with E-state index >= 15 is 0 Å². The number of hydrogen-bond donors (Lipinski definition) is 2. The van der Waals surface area contributed by atoms with Crippen molar-refractivity contribution in [2.45, 2.75) is 83.1 Å². The van der Waals surface area contributed by atoms with Gasteiger partial charge in [-0.05, 0) is 155 Å². The number of rotatable bonds is 2. The molecule has 0 saturated carbocycles. The largest absolute Gasteiger partial charge is 0.478 e. The molecule has 4 nitrogen and oxygen atoms in total. The number of carboxylic acid groups (broad SMARTS) is 2. The first-order valence-electron chi connectivity index (χ1n) is 11.6. The van der Waals surface area contributed by atoms with Gasteiger partial charge in [0.25, 0.3) is 0 Å². The van der Waals surface area contributed by atoms with E-state index in [2.05, 4.69) is 27.7 Å². The minimum Gasteiger partial charge on any atom is -0.478 e. The van der Waals surface area contributed by atoms with Crippen molar-refractivity contribution in [2.24, 2.45) is 0 Å². The van der Waals surface area contributed by atoms with Crippen LogP contribution in [0.4, 0.5) is 0 Å². The number of carbonyl (C=O) groups is 2. The molecule has 0 fully saturated rings. The van der Waals surface area contributed by atoms with Crippen molar-refractivity contribution in [3.05, 3.63) is 77.9 Å². The van der Waals surface area contributed by atoms with Crippen LogP contribution in [0, 0.1) is 83.1 Å². The standard InChI is InChI=1S/C18H22O2.C12H16O2/c1-8-9(2)13(6)16-15(11(8)4)12(5)10(3)14(7)17(16)18(19)20;1-6-7(2)9(4)11(12(13)14)10(5)8(6)3/h1-7H3,(H,19,20);1-5H3,(H,13,14). The number of aryl methyl sites for hydroxylation is 3. The lowest BCUT2D eigenvalue weighted by Crippen LogP contribution is -2.08. The molecule has 0 radical (unpaired) electrons. The minimum atomic E-state index is -0.832. The summed E-state index contributed by atoms with van der Waals surface area (Å²) in [6, 6.07) is 0. The normalized spacial score (nSPS) is 10.8. The zero-order chi connectivity index (χ0) is 26.4. The van der Waals surface area contributed by atoms with Gasteiger partial charge in [-0.1, -0.05) is 0 Å². The number of fused-ring (bicyclic) bond motifs is 1. The topological polar surface area (TPSA) is 74.6 Å². The summed E-state index contributed by atoms with van der Waals surface area (Å²) in [5.41, 5.74) is 14.0. The van der Waals surface area contributed by atoms with Gasteiger partial charge in [0.1, 0.15) is 0 Å². The zero-order valence-electron chi connectivity index (χ0n) is 22.7. The Hall–Kier alpha value is -3.14. The average molecular weight is 463 g/mol. The fraction of sp³-hybridized carbons (Fsp3) is 0.400. The maximum Gasteiger partial charge on any atom is 0.336 e. The van der Waals surface area contributed by atoms with Crippen molar-refractivity contribution < 1.29 is 19.8 Å². The smallest absolute Gasteiger partial charge is 0.336 e. The molecule has 3 rings (SSSR count). The molecule has 0 aliphatic heterocycles. The molecule has 182 valence electrons. The SMILES string of the molecule is Cc1c(C)c(C)c(C(=O)O)c(C)c1C.Cc1c(C)c(C)c2c(C(=O)O)c(C)c(C)c(C)c2c1C. The van der Waals surface area contributed by atoms with Crippen LogP contribution in [-0.4, -0.2) is 22.2 Å². The van der Waals surface area contributed by atoms with Crippen molar-refractivity contribution in [3.63, 3.8) is 0 Å². The fourth-order valence-corrected chi connectivity index (χ4v) is 5.03. The molecule has 4 heteroatoms. The summed E-state index contributed by atoms with van der Waals surface area (Å²) >= 11 is 0. The van der Waals surface area contributed by atoms with Gasteiger partial charge in [-0.15, -0.1) is 0 Å². The first-order chi connectivity index (χ1) is 15.6. The van der Waals surface area contributed by atoms with E-state index in [1.54, 1.807) is 0 Å². The summed E-state index contributed by atoms with van der Waals surface area (Å²) in [5, 5.41) is 20.8. The number of carboxylic acids is 2. The van der Waals surface area contributed by atoms with Gasteiger partial charge in [0, 0.05) is 5.39 Å². The third-order valence-electron chi connectivity index (χ3n) is 8.24. The monoisotopic (exact) mass is 462 g/mol. The maximum absolute atomic E-state index is 11.8. The van der Waals surface area contributed by atoms with Crippen LogP contribution in [0.1, 0.15) is 87.5 Å². The summed E-state index contributed by atoms with van der Waals surface area (Å²) in [7, 11) is 0. The molecule has 0 heterocycles. The predicted octanol–water partition coefficient (Wildman–Crippen LogP) is 7.62. The molecule has 34 heavy (non-hydrogen) atoms. The second-order valence-corrected chi connectivity index (χ2v) is 9.61. The van der Waals surface area contributed by atoms with E-state index in [1.165, 1.54) is 27.8 Å². The van der Waals surface area contributed by atoms with Gasteiger partial charge >= 0.3 is 11.9 Å². The van der Waals surface area contributed by atoms with Crippen LogP contribution < -0.4 is 0 Å². The van der Waals surface area contributed by atoms with Crippen molar-refractivity contribution in [1.82, 2.24) is 0 Å². The van der Waals surface area contributed by atoms with E-state index in [9.17, 15) is 14.7 Å². The highest BCUT2D eigenvalue weighted by Gasteiger charge is 2.22. The number of benzene rings is 3. The highest BCUT2D eigenvalue weighted by Crippen LogP contribution is 2.37. The van der Waals surface area contributed by atoms with E-state index in [1.807, 2.05) is 55.4 Å². The highest BCUT2D eigenvalue weighted by molar-refractivity contribution is 6.09. The van der Waals surface area contributed by atoms with Gasteiger partial charge in [-0.25, -0.2) is 9.59 Å². The van der Waals surface area contributed by atoms with Crippen molar-refractivity contribution in [3.8, 4) is 0 Å². The summed E-state index contributed by atoms with van der Waals surface area (Å²) in [6.07, 6.45) is 0. The molecule has 0 atom stereocenters. The van der Waals surface area contributed by atoms with E-state index in [4.69, 9.17) is 5.11 Å². The Morgan fingerprint density at radius 3 is 0.941 bits per heavy atom. The first-order valence-corrected chi connectivity index (χ1v) is 11.6. The average Bonchev–Trinajstić information content (AvgIpc) is 2.76. The van der Waals surface area contributed by atoms with Crippen molar-refractivity contribution in [1.29, 1.82) is 0 Å². The van der Waals surface area contributed by atoms with Crippen LogP contribution in [0.2, 0.25) is 0 Å². The van der Waals surface area contributed by atoms with Gasteiger partial charge in [0.05, 0.1) is 11.1 Å². The van der Waals surface area contributed by atoms with Crippen LogP contribution in [0.15, 0.2) is 0 Å². The second kappa shape index (κ2) is 9.61. The third-order valence-corrected chi connectivity index (χ3v) is 8.24. The van der Waals surface area contributed by atoms with Crippen LogP contribution in [0.5, 0.6) is 0 Å². The van der Waals surface area contributed by atoms with E-state index in [-0.39, 0.29) is 0 Å². The van der Waals surface area contributed by atoms with Gasteiger partial charge in [0.15, 0.2) is 0 Å². The van der Waals surface area contributed by atoms with Crippen LogP contribution >= 0.6 is 0 Å². The number of aromatic carboxylic acids is 2. The van der Waals surface area contributed by atoms with Crippen LogP contribution in [0.3, 0.4) is 0 Å². The molecule has 3 aromatic rings. The fourth-order valence-electron chi connectivity index (χ4n) is 5.03. The molecule has 2 N–H and O–H groups in total. The minimum absolute atomic E-state index is 0.464. The molecule has 0 unspecified atom stereocenters. The van der Waals surface area contributed by atoms with Gasteiger partial charge in [-0.3, -0.25) is 0 Å². The van der Waals surface area contributed by atoms with Gasteiger partial charge in [-0.2, -0.15) is 0 Å². The summed E-state index contributed by atoms with van der Waals surface area (Å²) < 4.78 is 0. The third kappa shape index (κ3) is 4.22. The van der Waals surface area contributed by atoms with E-state index in [0.29, 0.717) is 11.1 Å². The molecule has 0 spiro atoms. The highest BCUT2D eigenvalue weighted by atomic mass is 16.4. The lowest BCUT2D eigenvalue weighted by atomic mass is 9.83. The Balaban J connectivity index is 0.000000257. The molecule has 0 bridgehead atoms. The van der Waals surface area contributed by atoms with Gasteiger partial charge in [0.2, 0.25) is 0 Å². The summed E-state index contributed by atoms with van der Waals surface area (Å²) in [5.74, 6) is -1.66. The molecule has 0 saturated heterocycles. The lowest BCUT2D eigenvalue weighted by molar-refractivity contribution is 0.0685. The van der Waals surface area contributed by atoms with E-state index in [0.717, 1.165) is 49.7 Å². The number of hydrogen-bond acceptors (Lipinski definition) is 2. The predicted molar refractivity (Wildman–Crippen MR) is 141 cm³/mol. The van der Waals surface area contributed by atoms with Crippen LogP contribution in [-0.2, 0) is 0 Å². The Kier molecular flexibility index (Phi) is 7.67. The summed E-state index contributed by atoms with van der Waals surface area (Å²) in [6.45, 7) is 24.1. The van der Waals surface area contributed by atoms with Crippen LogP contribution in [0.25, 0.3) is 10.8 Å². The first kappa shape index (κ1) is 27.1. The molecule has 0 amide bonds. The Bertz CT molecular complexity index is 1320. The molecule has 0 aliphatic rings.